The number of rotatable bonds is 4. The molecule has 0 heterocycles. The molecule has 0 aliphatic rings. The highest BCUT2D eigenvalue weighted by Gasteiger charge is 2.13. The van der Waals surface area contributed by atoms with Crippen LogP contribution in [0.3, 0.4) is 0 Å². The maximum absolute atomic E-state index is 11.7. The fourth-order valence-corrected chi connectivity index (χ4v) is 2.51. The summed E-state index contributed by atoms with van der Waals surface area (Å²) in [5.74, 6) is 0.0109. The van der Waals surface area contributed by atoms with Crippen molar-refractivity contribution in [1.29, 1.82) is 0 Å². The topological polar surface area (TPSA) is 38.5 Å². The van der Waals surface area contributed by atoms with E-state index >= 15 is 0 Å². The summed E-state index contributed by atoms with van der Waals surface area (Å²) < 4.78 is 23.3. The lowest BCUT2D eigenvalue weighted by Gasteiger charge is -2.01. The van der Waals surface area contributed by atoms with Crippen molar-refractivity contribution in [2.75, 3.05) is 12.3 Å². The van der Waals surface area contributed by atoms with Gasteiger partial charge in [0.15, 0.2) is 9.84 Å². The molecule has 0 amide bonds. The van der Waals surface area contributed by atoms with Crippen molar-refractivity contribution in [1.82, 2.24) is 0 Å². The van der Waals surface area contributed by atoms with Crippen LogP contribution in [-0.4, -0.2) is 20.7 Å². The van der Waals surface area contributed by atoms with Crippen molar-refractivity contribution in [3.05, 3.63) is 40.7 Å². The third-order valence-electron chi connectivity index (χ3n) is 1.86. The average molecular weight is 244 g/mol. The molecule has 5 heteroatoms. The summed E-state index contributed by atoms with van der Waals surface area (Å²) in [4.78, 5) is 3.37. The van der Waals surface area contributed by atoms with Gasteiger partial charge in [-0.05, 0) is 24.3 Å². The van der Waals surface area contributed by atoms with Gasteiger partial charge in [-0.15, -0.1) is 0 Å². The summed E-state index contributed by atoms with van der Waals surface area (Å²) in [7, 11) is -3.25. The predicted octanol–water partition coefficient (Wildman–Crippen LogP) is 2.42. The van der Waals surface area contributed by atoms with Crippen molar-refractivity contribution in [2.45, 2.75) is 11.3 Å². The van der Waals surface area contributed by atoms with Crippen molar-refractivity contribution >= 4 is 21.4 Å². The molecule has 0 atom stereocenters. The first-order chi connectivity index (χ1) is 7.06. The van der Waals surface area contributed by atoms with Crippen LogP contribution < -0.4 is 0 Å². The number of sulfone groups is 1. The quantitative estimate of drug-likeness (QED) is 0.602. The molecule has 0 bridgehead atoms. The number of hydrogen-bond donors (Lipinski definition) is 0. The molecule has 0 aliphatic carbocycles. The fraction of sp³-hybridized carbons (Fsp3) is 0.300. The predicted molar refractivity (Wildman–Crippen MR) is 59.6 cm³/mol. The van der Waals surface area contributed by atoms with Gasteiger partial charge < -0.3 is 4.85 Å². The standard InChI is InChI=1S/C10H10ClNO2S/c1-12-7-2-8-15(13,14)10-5-3-9(11)4-6-10/h3-6H,2,7-8H2. The molecule has 0 saturated carbocycles. The average Bonchev–Trinajstić information content (AvgIpc) is 2.18. The maximum Gasteiger partial charge on any atom is 0.215 e. The van der Waals surface area contributed by atoms with Crippen LogP contribution in [0.4, 0.5) is 0 Å². The van der Waals surface area contributed by atoms with E-state index in [-0.39, 0.29) is 17.2 Å². The van der Waals surface area contributed by atoms with Gasteiger partial charge in [0, 0.05) is 11.4 Å². The van der Waals surface area contributed by atoms with Crippen molar-refractivity contribution in [2.24, 2.45) is 0 Å². The lowest BCUT2D eigenvalue weighted by atomic mass is 10.4. The highest BCUT2D eigenvalue weighted by Crippen LogP contribution is 2.15. The molecule has 0 aliphatic heterocycles. The largest absolute Gasteiger partial charge is 0.317 e. The van der Waals surface area contributed by atoms with Gasteiger partial charge in [0.05, 0.1) is 10.6 Å². The van der Waals surface area contributed by atoms with E-state index in [1.54, 1.807) is 12.1 Å². The first-order valence-corrected chi connectivity index (χ1v) is 6.41. The van der Waals surface area contributed by atoms with Gasteiger partial charge in [0.1, 0.15) is 0 Å². The van der Waals surface area contributed by atoms with E-state index in [0.29, 0.717) is 11.4 Å². The minimum Gasteiger partial charge on any atom is -0.317 e. The van der Waals surface area contributed by atoms with E-state index < -0.39 is 9.84 Å². The molecular weight excluding hydrogens is 234 g/mol. The van der Waals surface area contributed by atoms with Crippen LogP contribution in [0.5, 0.6) is 0 Å². The molecule has 0 aromatic heterocycles. The third kappa shape index (κ3) is 3.54. The Labute approximate surface area is 94.4 Å². The number of halogens is 1. The Kier molecular flexibility index (Phi) is 4.13. The molecule has 0 saturated heterocycles. The Morgan fingerprint density at radius 2 is 1.87 bits per heavy atom. The van der Waals surface area contributed by atoms with Crippen LogP contribution in [0.15, 0.2) is 29.2 Å². The van der Waals surface area contributed by atoms with Gasteiger partial charge in [-0.2, -0.15) is 0 Å². The van der Waals surface area contributed by atoms with Crippen LogP contribution in [0, 0.1) is 6.57 Å². The van der Waals surface area contributed by atoms with Crippen LogP contribution in [0.25, 0.3) is 4.85 Å². The van der Waals surface area contributed by atoms with E-state index in [4.69, 9.17) is 18.2 Å². The summed E-state index contributed by atoms with van der Waals surface area (Å²) in [6, 6.07) is 6.05. The van der Waals surface area contributed by atoms with Gasteiger partial charge in [0.2, 0.25) is 6.54 Å². The molecule has 1 aromatic rings. The number of nitrogens with zero attached hydrogens (tertiary/aromatic N) is 1. The lowest BCUT2D eigenvalue weighted by Crippen LogP contribution is -2.07. The lowest BCUT2D eigenvalue weighted by molar-refractivity contribution is 0.594. The smallest absolute Gasteiger partial charge is 0.215 e. The Balaban J connectivity index is 2.79. The van der Waals surface area contributed by atoms with E-state index in [2.05, 4.69) is 4.85 Å². The molecule has 1 rings (SSSR count). The Bertz CT molecular complexity index is 459. The second kappa shape index (κ2) is 5.15. The first kappa shape index (κ1) is 12.0. The van der Waals surface area contributed by atoms with Gasteiger partial charge in [0.25, 0.3) is 0 Å². The number of hydrogen-bond acceptors (Lipinski definition) is 2. The van der Waals surface area contributed by atoms with Crippen LogP contribution in [-0.2, 0) is 9.84 Å². The minimum atomic E-state index is -3.25. The molecule has 15 heavy (non-hydrogen) atoms. The zero-order valence-electron chi connectivity index (χ0n) is 7.98. The van der Waals surface area contributed by atoms with E-state index in [1.165, 1.54) is 12.1 Å². The SMILES string of the molecule is [C-]#[N+]CCCS(=O)(=O)c1ccc(Cl)cc1. The van der Waals surface area contributed by atoms with Crippen molar-refractivity contribution < 1.29 is 8.42 Å². The Morgan fingerprint density at radius 1 is 1.27 bits per heavy atom. The van der Waals surface area contributed by atoms with Crippen LogP contribution >= 0.6 is 11.6 Å². The molecule has 80 valence electrons. The van der Waals surface area contributed by atoms with Gasteiger partial charge in [-0.3, -0.25) is 0 Å². The molecular formula is C10H10ClNO2S. The monoisotopic (exact) mass is 243 g/mol. The Morgan fingerprint density at radius 3 is 2.40 bits per heavy atom. The minimum absolute atomic E-state index is 0.0109. The highest BCUT2D eigenvalue weighted by molar-refractivity contribution is 7.91. The van der Waals surface area contributed by atoms with E-state index in [1.807, 2.05) is 0 Å². The first-order valence-electron chi connectivity index (χ1n) is 4.38. The molecule has 0 spiro atoms. The molecule has 0 unspecified atom stereocenters. The normalized spacial score (nSPS) is 10.9. The Hall–Kier alpha value is -1.05. The zero-order chi connectivity index (χ0) is 11.3. The van der Waals surface area contributed by atoms with Crippen LogP contribution in [0.1, 0.15) is 6.42 Å². The van der Waals surface area contributed by atoms with E-state index in [9.17, 15) is 8.42 Å². The fourth-order valence-electron chi connectivity index (χ4n) is 1.09. The van der Waals surface area contributed by atoms with Gasteiger partial charge in [-0.25, -0.2) is 15.0 Å². The van der Waals surface area contributed by atoms with Crippen molar-refractivity contribution in [3.63, 3.8) is 0 Å². The molecule has 0 fully saturated rings. The summed E-state index contributed by atoms with van der Waals surface area (Å²) in [5, 5.41) is 0.509. The summed E-state index contributed by atoms with van der Waals surface area (Å²) >= 11 is 5.65. The summed E-state index contributed by atoms with van der Waals surface area (Å²) in [6.45, 7) is 6.80. The molecule has 0 radical (unpaired) electrons. The third-order valence-corrected chi connectivity index (χ3v) is 3.92. The maximum atomic E-state index is 11.7. The van der Waals surface area contributed by atoms with Gasteiger partial charge in [-0.1, -0.05) is 11.6 Å². The van der Waals surface area contributed by atoms with Crippen LogP contribution in [0.2, 0.25) is 5.02 Å². The molecule has 3 nitrogen and oxygen atoms in total. The second-order valence-corrected chi connectivity index (χ2v) is 5.55. The summed E-state index contributed by atoms with van der Waals surface area (Å²) in [6.07, 6.45) is 0.370. The summed E-state index contributed by atoms with van der Waals surface area (Å²) in [5.41, 5.74) is 0. The number of benzene rings is 1. The zero-order valence-corrected chi connectivity index (χ0v) is 9.55. The van der Waals surface area contributed by atoms with E-state index in [0.717, 1.165) is 0 Å². The van der Waals surface area contributed by atoms with Crippen molar-refractivity contribution in [3.8, 4) is 0 Å². The second-order valence-electron chi connectivity index (χ2n) is 3.01. The molecule has 1 aromatic carbocycles. The van der Waals surface area contributed by atoms with Gasteiger partial charge >= 0.3 is 0 Å². The highest BCUT2D eigenvalue weighted by atomic mass is 35.5. The molecule has 0 N–H and O–H groups in total.